The minimum absolute atomic E-state index is 0.852. The first-order valence-corrected chi connectivity index (χ1v) is 6.85. The SMILES string of the molecule is CCCNCC1CCN(Cc2ccccc2)C1. The van der Waals surface area contributed by atoms with Crippen LogP contribution in [0.1, 0.15) is 25.3 Å². The van der Waals surface area contributed by atoms with Gasteiger partial charge in [-0.1, -0.05) is 37.3 Å². The molecule has 1 heterocycles. The number of hydrogen-bond acceptors (Lipinski definition) is 2. The molecule has 1 N–H and O–H groups in total. The molecule has 0 spiro atoms. The molecule has 0 radical (unpaired) electrons. The van der Waals surface area contributed by atoms with Gasteiger partial charge >= 0.3 is 0 Å². The third-order valence-electron chi connectivity index (χ3n) is 3.48. The molecule has 2 nitrogen and oxygen atoms in total. The van der Waals surface area contributed by atoms with Crippen LogP contribution in [0.3, 0.4) is 0 Å². The lowest BCUT2D eigenvalue weighted by molar-refractivity contribution is 0.314. The maximum absolute atomic E-state index is 3.53. The summed E-state index contributed by atoms with van der Waals surface area (Å²) >= 11 is 0. The molecule has 0 aliphatic carbocycles. The van der Waals surface area contributed by atoms with Crippen molar-refractivity contribution in [3.8, 4) is 0 Å². The highest BCUT2D eigenvalue weighted by Crippen LogP contribution is 2.17. The van der Waals surface area contributed by atoms with Crippen molar-refractivity contribution in [1.82, 2.24) is 10.2 Å². The predicted octanol–water partition coefficient (Wildman–Crippen LogP) is 2.51. The lowest BCUT2D eigenvalue weighted by Gasteiger charge is -2.16. The second-order valence-corrected chi connectivity index (χ2v) is 5.08. The Kier molecular flexibility index (Phi) is 5.02. The second kappa shape index (κ2) is 6.77. The van der Waals surface area contributed by atoms with Crippen molar-refractivity contribution in [2.45, 2.75) is 26.3 Å². The van der Waals surface area contributed by atoms with Crippen LogP contribution in [0.15, 0.2) is 30.3 Å². The standard InChI is InChI=1S/C15H24N2/c1-2-9-16-11-15-8-10-17(13-15)12-14-6-4-3-5-7-14/h3-7,15-16H,2,8-13H2,1H3. The quantitative estimate of drug-likeness (QED) is 0.758. The first-order valence-electron chi connectivity index (χ1n) is 6.85. The second-order valence-electron chi connectivity index (χ2n) is 5.08. The Morgan fingerprint density at radius 2 is 2.12 bits per heavy atom. The molecule has 17 heavy (non-hydrogen) atoms. The van der Waals surface area contributed by atoms with Crippen LogP contribution in [0.2, 0.25) is 0 Å². The Morgan fingerprint density at radius 1 is 1.29 bits per heavy atom. The number of likely N-dealkylation sites (tertiary alicyclic amines) is 1. The summed E-state index contributed by atoms with van der Waals surface area (Å²) in [6.45, 7) is 8.21. The van der Waals surface area contributed by atoms with Gasteiger partial charge in [0.2, 0.25) is 0 Å². The predicted molar refractivity (Wildman–Crippen MR) is 73.0 cm³/mol. The summed E-state index contributed by atoms with van der Waals surface area (Å²) in [6.07, 6.45) is 2.59. The lowest BCUT2D eigenvalue weighted by atomic mass is 10.1. The van der Waals surface area contributed by atoms with E-state index in [1.54, 1.807) is 0 Å². The topological polar surface area (TPSA) is 15.3 Å². The summed E-state index contributed by atoms with van der Waals surface area (Å²) in [6, 6.07) is 10.8. The molecule has 2 rings (SSSR count). The molecule has 1 aromatic carbocycles. The van der Waals surface area contributed by atoms with E-state index in [9.17, 15) is 0 Å². The summed E-state index contributed by atoms with van der Waals surface area (Å²) in [5.41, 5.74) is 1.44. The molecule has 0 bridgehead atoms. The van der Waals surface area contributed by atoms with E-state index >= 15 is 0 Å². The summed E-state index contributed by atoms with van der Waals surface area (Å²) in [5, 5.41) is 3.53. The van der Waals surface area contributed by atoms with Crippen LogP contribution in [0.25, 0.3) is 0 Å². The van der Waals surface area contributed by atoms with Gasteiger partial charge < -0.3 is 5.32 Å². The monoisotopic (exact) mass is 232 g/mol. The van der Waals surface area contributed by atoms with Crippen LogP contribution >= 0.6 is 0 Å². The van der Waals surface area contributed by atoms with Crippen LogP contribution in [-0.4, -0.2) is 31.1 Å². The molecule has 1 unspecified atom stereocenters. The Balaban J connectivity index is 1.71. The number of benzene rings is 1. The highest BCUT2D eigenvalue weighted by molar-refractivity contribution is 5.14. The lowest BCUT2D eigenvalue weighted by Crippen LogP contribution is -2.26. The van der Waals surface area contributed by atoms with Crippen molar-refractivity contribution >= 4 is 0 Å². The van der Waals surface area contributed by atoms with Crippen molar-refractivity contribution in [3.05, 3.63) is 35.9 Å². The number of nitrogens with zero attached hydrogens (tertiary/aromatic N) is 1. The van der Waals surface area contributed by atoms with Gasteiger partial charge in [0.05, 0.1) is 0 Å². The molecule has 1 aromatic rings. The van der Waals surface area contributed by atoms with Crippen molar-refractivity contribution in [2.24, 2.45) is 5.92 Å². The third-order valence-corrected chi connectivity index (χ3v) is 3.48. The van der Waals surface area contributed by atoms with Gasteiger partial charge in [0.1, 0.15) is 0 Å². The van der Waals surface area contributed by atoms with E-state index in [0.29, 0.717) is 0 Å². The number of hydrogen-bond donors (Lipinski definition) is 1. The largest absolute Gasteiger partial charge is 0.316 e. The van der Waals surface area contributed by atoms with E-state index in [4.69, 9.17) is 0 Å². The van der Waals surface area contributed by atoms with Gasteiger partial charge in [0, 0.05) is 13.1 Å². The molecule has 94 valence electrons. The van der Waals surface area contributed by atoms with Crippen LogP contribution < -0.4 is 5.32 Å². The minimum atomic E-state index is 0.852. The highest BCUT2D eigenvalue weighted by atomic mass is 15.1. The molecule has 1 fully saturated rings. The fraction of sp³-hybridized carbons (Fsp3) is 0.600. The minimum Gasteiger partial charge on any atom is -0.316 e. The van der Waals surface area contributed by atoms with E-state index in [1.165, 1.54) is 38.0 Å². The van der Waals surface area contributed by atoms with Gasteiger partial charge in [0.25, 0.3) is 0 Å². The van der Waals surface area contributed by atoms with Gasteiger partial charge in [-0.2, -0.15) is 0 Å². The maximum Gasteiger partial charge on any atom is 0.0233 e. The zero-order chi connectivity index (χ0) is 11.9. The van der Waals surface area contributed by atoms with Gasteiger partial charge in [-0.15, -0.1) is 0 Å². The molecule has 1 saturated heterocycles. The van der Waals surface area contributed by atoms with Crippen molar-refractivity contribution in [2.75, 3.05) is 26.2 Å². The van der Waals surface area contributed by atoms with Gasteiger partial charge in [-0.3, -0.25) is 4.90 Å². The third kappa shape index (κ3) is 4.14. The van der Waals surface area contributed by atoms with Crippen LogP contribution in [-0.2, 0) is 6.54 Å². The van der Waals surface area contributed by atoms with Gasteiger partial charge in [-0.25, -0.2) is 0 Å². The fourth-order valence-corrected chi connectivity index (χ4v) is 2.55. The first kappa shape index (κ1) is 12.6. The fourth-order valence-electron chi connectivity index (χ4n) is 2.55. The molecule has 2 heteroatoms. The Bertz CT molecular complexity index is 310. The van der Waals surface area contributed by atoms with Crippen molar-refractivity contribution < 1.29 is 0 Å². The zero-order valence-electron chi connectivity index (χ0n) is 10.9. The van der Waals surface area contributed by atoms with E-state index in [0.717, 1.165) is 19.0 Å². The Morgan fingerprint density at radius 3 is 2.88 bits per heavy atom. The van der Waals surface area contributed by atoms with Crippen molar-refractivity contribution in [3.63, 3.8) is 0 Å². The molecule has 1 aliphatic rings. The van der Waals surface area contributed by atoms with Crippen LogP contribution in [0.5, 0.6) is 0 Å². The Labute approximate surface area is 105 Å². The summed E-state index contributed by atoms with van der Waals surface area (Å²) in [5.74, 6) is 0.852. The molecule has 1 atom stereocenters. The maximum atomic E-state index is 3.53. The average molecular weight is 232 g/mol. The Hall–Kier alpha value is -0.860. The van der Waals surface area contributed by atoms with Crippen LogP contribution in [0, 0.1) is 5.92 Å². The molecule has 1 aliphatic heterocycles. The van der Waals surface area contributed by atoms with E-state index < -0.39 is 0 Å². The number of rotatable bonds is 6. The van der Waals surface area contributed by atoms with Crippen molar-refractivity contribution in [1.29, 1.82) is 0 Å². The molecule has 0 amide bonds. The molecule has 0 saturated carbocycles. The van der Waals surface area contributed by atoms with E-state index in [-0.39, 0.29) is 0 Å². The van der Waals surface area contributed by atoms with Gasteiger partial charge in [0.15, 0.2) is 0 Å². The molecular weight excluding hydrogens is 208 g/mol. The number of nitrogens with one attached hydrogen (secondary N) is 1. The van der Waals surface area contributed by atoms with E-state index in [2.05, 4.69) is 47.5 Å². The summed E-state index contributed by atoms with van der Waals surface area (Å²) in [4.78, 5) is 2.58. The molecule has 0 aromatic heterocycles. The highest BCUT2D eigenvalue weighted by Gasteiger charge is 2.21. The first-order chi connectivity index (χ1) is 8.38. The zero-order valence-corrected chi connectivity index (χ0v) is 10.9. The smallest absolute Gasteiger partial charge is 0.0233 e. The molecular formula is C15H24N2. The summed E-state index contributed by atoms with van der Waals surface area (Å²) in [7, 11) is 0. The van der Waals surface area contributed by atoms with Gasteiger partial charge in [-0.05, 0) is 44.0 Å². The van der Waals surface area contributed by atoms with Crippen LogP contribution in [0.4, 0.5) is 0 Å². The van der Waals surface area contributed by atoms with E-state index in [1.807, 2.05) is 0 Å². The normalized spacial score (nSPS) is 20.9. The average Bonchev–Trinajstić information content (AvgIpc) is 2.79. The summed E-state index contributed by atoms with van der Waals surface area (Å²) < 4.78 is 0.